The molecule has 0 heterocycles. The van der Waals surface area contributed by atoms with E-state index in [1.165, 1.54) is 13.2 Å². The van der Waals surface area contributed by atoms with Crippen molar-refractivity contribution in [2.45, 2.75) is 12.5 Å². The molecule has 0 aliphatic carbocycles. The van der Waals surface area contributed by atoms with Crippen molar-refractivity contribution in [2.75, 3.05) is 7.11 Å². The number of ether oxygens (including phenoxy) is 1. The summed E-state index contributed by atoms with van der Waals surface area (Å²) in [6.07, 6.45) is -1.26. The highest BCUT2D eigenvalue weighted by molar-refractivity contribution is 9.10. The van der Waals surface area contributed by atoms with Gasteiger partial charge in [-0.3, -0.25) is 4.79 Å². The number of aromatic hydroxyl groups is 1. The molecule has 0 saturated carbocycles. The Labute approximate surface area is 95.6 Å². The van der Waals surface area contributed by atoms with Crippen LogP contribution in [0.3, 0.4) is 0 Å². The minimum atomic E-state index is -1.08. The maximum Gasteiger partial charge on any atom is 0.308 e. The SMILES string of the molecule is COC(=O)C[C@@H](O)c1c(O)cccc1Br. The fraction of sp³-hybridized carbons (Fsp3) is 0.300. The molecule has 15 heavy (non-hydrogen) atoms. The van der Waals surface area contributed by atoms with Crippen molar-refractivity contribution in [2.24, 2.45) is 0 Å². The standard InChI is InChI=1S/C10H11BrO4/c1-15-9(14)5-8(13)10-6(11)3-2-4-7(10)12/h2-4,8,12-13H,5H2,1H3/t8-/m1/s1. The molecule has 1 rings (SSSR count). The molecule has 0 aromatic heterocycles. The fourth-order valence-corrected chi connectivity index (χ4v) is 1.82. The third kappa shape index (κ3) is 2.94. The molecule has 0 aliphatic heterocycles. The lowest BCUT2D eigenvalue weighted by Gasteiger charge is -2.12. The van der Waals surface area contributed by atoms with Crippen LogP contribution < -0.4 is 0 Å². The number of carbonyl (C=O) groups excluding carboxylic acids is 1. The molecule has 1 aromatic rings. The van der Waals surface area contributed by atoms with Gasteiger partial charge < -0.3 is 14.9 Å². The van der Waals surface area contributed by atoms with Crippen molar-refractivity contribution in [3.05, 3.63) is 28.2 Å². The molecule has 5 heteroatoms. The van der Waals surface area contributed by atoms with Crippen LogP contribution in [0.2, 0.25) is 0 Å². The number of hydrogen-bond acceptors (Lipinski definition) is 4. The van der Waals surface area contributed by atoms with Gasteiger partial charge in [-0.05, 0) is 12.1 Å². The summed E-state index contributed by atoms with van der Waals surface area (Å²) in [6.45, 7) is 0. The van der Waals surface area contributed by atoms with E-state index in [0.717, 1.165) is 0 Å². The zero-order chi connectivity index (χ0) is 11.4. The van der Waals surface area contributed by atoms with E-state index in [2.05, 4.69) is 20.7 Å². The molecule has 0 spiro atoms. The second-order valence-corrected chi connectivity index (χ2v) is 3.82. The summed E-state index contributed by atoms with van der Waals surface area (Å²) < 4.78 is 4.98. The van der Waals surface area contributed by atoms with Gasteiger partial charge in [-0.2, -0.15) is 0 Å². The summed E-state index contributed by atoms with van der Waals surface area (Å²) in [4.78, 5) is 10.9. The lowest BCUT2D eigenvalue weighted by atomic mass is 10.1. The van der Waals surface area contributed by atoms with Crippen molar-refractivity contribution in [1.29, 1.82) is 0 Å². The van der Waals surface area contributed by atoms with Gasteiger partial charge in [0, 0.05) is 10.0 Å². The summed E-state index contributed by atoms with van der Waals surface area (Å²) >= 11 is 3.19. The summed E-state index contributed by atoms with van der Waals surface area (Å²) in [5, 5.41) is 19.2. The monoisotopic (exact) mass is 274 g/mol. The van der Waals surface area contributed by atoms with E-state index in [9.17, 15) is 15.0 Å². The van der Waals surface area contributed by atoms with Crippen LogP contribution in [-0.2, 0) is 9.53 Å². The lowest BCUT2D eigenvalue weighted by molar-refractivity contribution is -0.142. The molecular weight excluding hydrogens is 264 g/mol. The van der Waals surface area contributed by atoms with Crippen molar-refractivity contribution < 1.29 is 19.7 Å². The molecule has 0 aliphatic rings. The molecule has 2 N–H and O–H groups in total. The first kappa shape index (κ1) is 12.0. The zero-order valence-electron chi connectivity index (χ0n) is 8.11. The molecule has 0 unspecified atom stereocenters. The average Bonchev–Trinajstić information content (AvgIpc) is 2.17. The van der Waals surface area contributed by atoms with Gasteiger partial charge in [0.1, 0.15) is 5.75 Å². The number of esters is 1. The van der Waals surface area contributed by atoms with Crippen molar-refractivity contribution >= 4 is 21.9 Å². The third-order valence-electron chi connectivity index (χ3n) is 1.95. The van der Waals surface area contributed by atoms with Crippen LogP contribution >= 0.6 is 15.9 Å². The highest BCUT2D eigenvalue weighted by Gasteiger charge is 2.19. The van der Waals surface area contributed by atoms with Gasteiger partial charge in [0.05, 0.1) is 19.6 Å². The molecule has 82 valence electrons. The third-order valence-corrected chi connectivity index (χ3v) is 2.64. The molecule has 0 saturated heterocycles. The highest BCUT2D eigenvalue weighted by Crippen LogP contribution is 2.33. The van der Waals surface area contributed by atoms with E-state index in [1.807, 2.05) is 0 Å². The highest BCUT2D eigenvalue weighted by atomic mass is 79.9. The molecule has 0 fully saturated rings. The number of aliphatic hydroxyl groups excluding tert-OH is 1. The molecule has 0 bridgehead atoms. The number of carbonyl (C=O) groups is 1. The van der Waals surface area contributed by atoms with E-state index in [4.69, 9.17) is 0 Å². The van der Waals surface area contributed by atoms with Crippen molar-refractivity contribution in [3.63, 3.8) is 0 Å². The normalized spacial score (nSPS) is 12.2. The molecular formula is C10H11BrO4. The van der Waals surface area contributed by atoms with Crippen LogP contribution in [0.4, 0.5) is 0 Å². The molecule has 1 atom stereocenters. The number of aliphatic hydroxyl groups is 1. The second kappa shape index (κ2) is 5.14. The van der Waals surface area contributed by atoms with Crippen LogP contribution in [-0.4, -0.2) is 23.3 Å². The van der Waals surface area contributed by atoms with E-state index in [1.54, 1.807) is 12.1 Å². The summed E-state index contributed by atoms with van der Waals surface area (Å²) in [5.74, 6) is -0.585. The van der Waals surface area contributed by atoms with E-state index in [0.29, 0.717) is 10.0 Å². The van der Waals surface area contributed by atoms with E-state index < -0.39 is 12.1 Å². The molecule has 1 aromatic carbocycles. The van der Waals surface area contributed by atoms with Gasteiger partial charge in [0.15, 0.2) is 0 Å². The van der Waals surface area contributed by atoms with Crippen LogP contribution in [0, 0.1) is 0 Å². The fourth-order valence-electron chi connectivity index (χ4n) is 1.20. The Morgan fingerprint density at radius 2 is 2.27 bits per heavy atom. The molecule has 0 amide bonds. The molecule has 0 radical (unpaired) electrons. The quantitative estimate of drug-likeness (QED) is 0.825. The van der Waals surface area contributed by atoms with Crippen LogP contribution in [0.5, 0.6) is 5.75 Å². The minimum absolute atomic E-state index is 0.0548. The number of benzene rings is 1. The Balaban J connectivity index is 2.90. The average molecular weight is 275 g/mol. The number of hydrogen-bond donors (Lipinski definition) is 2. The van der Waals surface area contributed by atoms with Crippen LogP contribution in [0.25, 0.3) is 0 Å². The van der Waals surface area contributed by atoms with Crippen molar-refractivity contribution in [3.8, 4) is 5.75 Å². The first-order chi connectivity index (χ1) is 7.06. The number of halogens is 1. The number of methoxy groups -OCH3 is 1. The lowest BCUT2D eigenvalue weighted by Crippen LogP contribution is -2.08. The number of phenols is 1. The maximum absolute atomic E-state index is 10.9. The smallest absolute Gasteiger partial charge is 0.308 e. The Kier molecular flexibility index (Phi) is 4.11. The summed E-state index contributed by atoms with van der Waals surface area (Å²) in [7, 11) is 1.24. The molecule has 4 nitrogen and oxygen atoms in total. The Morgan fingerprint density at radius 3 is 2.80 bits per heavy atom. The van der Waals surface area contributed by atoms with Gasteiger partial charge >= 0.3 is 5.97 Å². The largest absolute Gasteiger partial charge is 0.508 e. The summed E-state index contributed by atoms with van der Waals surface area (Å²) in [6, 6.07) is 4.75. The Hall–Kier alpha value is -1.07. The van der Waals surface area contributed by atoms with Gasteiger partial charge in [0.2, 0.25) is 0 Å². The Bertz CT molecular complexity index is 344. The second-order valence-electron chi connectivity index (χ2n) is 2.97. The van der Waals surface area contributed by atoms with E-state index in [-0.39, 0.29) is 12.2 Å². The van der Waals surface area contributed by atoms with Gasteiger partial charge in [-0.1, -0.05) is 22.0 Å². The van der Waals surface area contributed by atoms with Gasteiger partial charge in [-0.25, -0.2) is 0 Å². The maximum atomic E-state index is 10.9. The zero-order valence-corrected chi connectivity index (χ0v) is 9.69. The number of rotatable bonds is 3. The number of phenolic OH excluding ortho intramolecular Hbond substituents is 1. The van der Waals surface area contributed by atoms with Crippen LogP contribution in [0.1, 0.15) is 18.1 Å². The first-order valence-corrected chi connectivity index (χ1v) is 5.07. The predicted molar refractivity (Wildman–Crippen MR) is 57.4 cm³/mol. The van der Waals surface area contributed by atoms with E-state index >= 15 is 0 Å². The Morgan fingerprint density at radius 1 is 1.60 bits per heavy atom. The topological polar surface area (TPSA) is 66.8 Å². The van der Waals surface area contributed by atoms with Crippen LogP contribution in [0.15, 0.2) is 22.7 Å². The van der Waals surface area contributed by atoms with Crippen molar-refractivity contribution in [1.82, 2.24) is 0 Å². The van der Waals surface area contributed by atoms with Gasteiger partial charge in [-0.15, -0.1) is 0 Å². The minimum Gasteiger partial charge on any atom is -0.508 e. The predicted octanol–water partition coefficient (Wildman–Crippen LogP) is 1.75. The first-order valence-electron chi connectivity index (χ1n) is 4.28. The summed E-state index contributed by atoms with van der Waals surface area (Å²) in [5.41, 5.74) is 0.294. The van der Waals surface area contributed by atoms with Gasteiger partial charge in [0.25, 0.3) is 0 Å².